The molecule has 0 saturated carbocycles. The van der Waals surface area contributed by atoms with Crippen LogP contribution in [0.2, 0.25) is 0 Å². The van der Waals surface area contributed by atoms with Crippen LogP contribution in [0.1, 0.15) is 5.56 Å². The number of rotatable bonds is 4. The number of ether oxygens (including phenoxy) is 1. The number of hydrogen-bond donors (Lipinski definition) is 3. The van der Waals surface area contributed by atoms with Crippen molar-refractivity contribution in [2.24, 2.45) is 0 Å². The van der Waals surface area contributed by atoms with Gasteiger partial charge in [-0.25, -0.2) is 4.98 Å². The van der Waals surface area contributed by atoms with Gasteiger partial charge in [-0.3, -0.25) is 0 Å². The maximum absolute atomic E-state index is 5.64. The highest BCUT2D eigenvalue weighted by Crippen LogP contribution is 2.17. The van der Waals surface area contributed by atoms with Crippen LogP contribution in [0.5, 0.6) is 5.75 Å². The first-order valence-electron chi connectivity index (χ1n) is 5.58. The van der Waals surface area contributed by atoms with Crippen LogP contribution in [-0.2, 0) is 6.54 Å². The molecular formula is C13H16N4O. The van der Waals surface area contributed by atoms with Gasteiger partial charge in [0.15, 0.2) is 0 Å². The molecule has 1 aromatic heterocycles. The van der Waals surface area contributed by atoms with Gasteiger partial charge in [0, 0.05) is 6.54 Å². The van der Waals surface area contributed by atoms with Gasteiger partial charge >= 0.3 is 0 Å². The first-order valence-corrected chi connectivity index (χ1v) is 5.58. The van der Waals surface area contributed by atoms with Gasteiger partial charge in [-0.15, -0.1) is 0 Å². The Balaban J connectivity index is 2.04. The average molecular weight is 244 g/mol. The average Bonchev–Trinajstić information content (AvgIpc) is 2.40. The second-order valence-corrected chi connectivity index (χ2v) is 3.88. The smallest absolute Gasteiger partial charge is 0.149 e. The molecule has 0 amide bonds. The Morgan fingerprint density at radius 3 is 2.78 bits per heavy atom. The van der Waals surface area contributed by atoms with Crippen LogP contribution in [0.4, 0.5) is 17.3 Å². The van der Waals surface area contributed by atoms with Crippen molar-refractivity contribution >= 4 is 17.3 Å². The minimum Gasteiger partial charge on any atom is -0.497 e. The van der Waals surface area contributed by atoms with E-state index < -0.39 is 0 Å². The van der Waals surface area contributed by atoms with Crippen molar-refractivity contribution in [2.75, 3.05) is 23.9 Å². The molecule has 0 aliphatic carbocycles. The summed E-state index contributed by atoms with van der Waals surface area (Å²) in [6, 6.07) is 11.4. The number of methoxy groups -OCH3 is 1. The largest absolute Gasteiger partial charge is 0.497 e. The molecule has 0 atom stereocenters. The van der Waals surface area contributed by atoms with E-state index in [1.807, 2.05) is 24.3 Å². The number of aromatic nitrogens is 1. The summed E-state index contributed by atoms with van der Waals surface area (Å²) in [6.07, 6.45) is 0. The number of hydrogen-bond acceptors (Lipinski definition) is 5. The number of nitrogens with zero attached hydrogens (tertiary/aromatic N) is 1. The zero-order valence-electron chi connectivity index (χ0n) is 10.2. The van der Waals surface area contributed by atoms with Crippen LogP contribution in [0.15, 0.2) is 36.4 Å². The lowest BCUT2D eigenvalue weighted by atomic mass is 10.2. The second-order valence-electron chi connectivity index (χ2n) is 3.88. The minimum absolute atomic E-state index is 0.339. The molecule has 0 radical (unpaired) electrons. The van der Waals surface area contributed by atoms with Crippen molar-refractivity contribution in [2.45, 2.75) is 6.54 Å². The number of benzene rings is 1. The zero-order valence-corrected chi connectivity index (χ0v) is 10.2. The lowest BCUT2D eigenvalue weighted by Gasteiger charge is -2.08. The van der Waals surface area contributed by atoms with Crippen molar-refractivity contribution in [1.82, 2.24) is 4.98 Å². The molecule has 5 N–H and O–H groups in total. The fourth-order valence-corrected chi connectivity index (χ4v) is 1.56. The number of nitrogen functional groups attached to an aromatic ring is 2. The van der Waals surface area contributed by atoms with Gasteiger partial charge in [0.1, 0.15) is 17.4 Å². The Kier molecular flexibility index (Phi) is 3.52. The van der Waals surface area contributed by atoms with Crippen LogP contribution < -0.4 is 21.5 Å². The van der Waals surface area contributed by atoms with Gasteiger partial charge in [0.25, 0.3) is 0 Å². The van der Waals surface area contributed by atoms with E-state index in [9.17, 15) is 0 Å². The lowest BCUT2D eigenvalue weighted by molar-refractivity contribution is 0.414. The molecule has 2 rings (SSSR count). The fraction of sp³-hybridized carbons (Fsp3) is 0.154. The number of nitrogens with one attached hydrogen (secondary N) is 1. The molecule has 2 aromatic rings. The molecule has 0 fully saturated rings. The van der Waals surface area contributed by atoms with Gasteiger partial charge in [-0.2, -0.15) is 0 Å². The summed E-state index contributed by atoms with van der Waals surface area (Å²) in [5, 5.41) is 3.18. The predicted octanol–water partition coefficient (Wildman–Crippen LogP) is 1.87. The third kappa shape index (κ3) is 2.82. The maximum atomic E-state index is 5.64. The van der Waals surface area contributed by atoms with Crippen molar-refractivity contribution in [3.8, 4) is 5.75 Å². The fourth-order valence-electron chi connectivity index (χ4n) is 1.56. The van der Waals surface area contributed by atoms with E-state index in [-0.39, 0.29) is 0 Å². The van der Waals surface area contributed by atoms with Crippen LogP contribution in [0.3, 0.4) is 0 Å². The quantitative estimate of drug-likeness (QED) is 0.764. The molecule has 0 aliphatic heterocycles. The predicted molar refractivity (Wildman–Crippen MR) is 73.4 cm³/mol. The van der Waals surface area contributed by atoms with E-state index in [1.165, 1.54) is 0 Å². The third-order valence-electron chi connectivity index (χ3n) is 2.57. The van der Waals surface area contributed by atoms with E-state index in [1.54, 1.807) is 19.2 Å². The minimum atomic E-state index is 0.339. The van der Waals surface area contributed by atoms with E-state index in [2.05, 4.69) is 10.3 Å². The normalized spacial score (nSPS) is 10.1. The maximum Gasteiger partial charge on any atom is 0.149 e. The zero-order chi connectivity index (χ0) is 13.0. The number of anilines is 3. The Morgan fingerprint density at radius 1 is 1.22 bits per heavy atom. The summed E-state index contributed by atoms with van der Waals surface area (Å²) in [7, 11) is 1.65. The van der Waals surface area contributed by atoms with Gasteiger partial charge in [-0.05, 0) is 29.8 Å². The molecule has 0 bridgehead atoms. The molecule has 94 valence electrons. The van der Waals surface area contributed by atoms with Crippen LogP contribution in [0.25, 0.3) is 0 Å². The van der Waals surface area contributed by atoms with E-state index in [4.69, 9.17) is 16.2 Å². The first-order chi connectivity index (χ1) is 8.69. The SMILES string of the molecule is COc1cccc(CNc2ccc(N)c(N)n2)c1. The Morgan fingerprint density at radius 2 is 2.06 bits per heavy atom. The highest BCUT2D eigenvalue weighted by atomic mass is 16.5. The molecule has 5 nitrogen and oxygen atoms in total. The standard InChI is InChI=1S/C13H16N4O/c1-18-10-4-2-3-9(7-10)8-16-12-6-5-11(14)13(15)17-12/h2-7H,8,14H2,1H3,(H3,15,16,17). The second kappa shape index (κ2) is 5.27. The Hall–Kier alpha value is -2.43. The van der Waals surface area contributed by atoms with E-state index in [0.717, 1.165) is 11.3 Å². The summed E-state index contributed by atoms with van der Waals surface area (Å²) < 4.78 is 5.16. The van der Waals surface area contributed by atoms with Gasteiger partial charge < -0.3 is 21.5 Å². The van der Waals surface area contributed by atoms with Gasteiger partial charge in [0.2, 0.25) is 0 Å². The topological polar surface area (TPSA) is 86.2 Å². The van der Waals surface area contributed by atoms with Gasteiger partial charge in [-0.1, -0.05) is 12.1 Å². The molecule has 1 aromatic carbocycles. The molecule has 18 heavy (non-hydrogen) atoms. The third-order valence-corrected chi connectivity index (χ3v) is 2.57. The van der Waals surface area contributed by atoms with Gasteiger partial charge in [0.05, 0.1) is 12.8 Å². The summed E-state index contributed by atoms with van der Waals surface area (Å²) in [5.74, 6) is 1.87. The van der Waals surface area contributed by atoms with Crippen molar-refractivity contribution < 1.29 is 4.74 Å². The summed E-state index contributed by atoms with van der Waals surface area (Å²) in [4.78, 5) is 4.14. The van der Waals surface area contributed by atoms with Crippen molar-refractivity contribution in [3.05, 3.63) is 42.0 Å². The lowest BCUT2D eigenvalue weighted by Crippen LogP contribution is -2.04. The number of pyridine rings is 1. The molecular weight excluding hydrogens is 228 g/mol. The molecule has 0 aliphatic rings. The van der Waals surface area contributed by atoms with Crippen LogP contribution in [-0.4, -0.2) is 12.1 Å². The van der Waals surface area contributed by atoms with Crippen LogP contribution >= 0.6 is 0 Å². The highest BCUT2D eigenvalue weighted by molar-refractivity contribution is 5.61. The summed E-state index contributed by atoms with van der Waals surface area (Å²) in [5.41, 5.74) is 12.8. The Labute approximate surface area is 106 Å². The molecule has 0 unspecified atom stereocenters. The molecule has 0 saturated heterocycles. The summed E-state index contributed by atoms with van der Waals surface area (Å²) >= 11 is 0. The van der Waals surface area contributed by atoms with Crippen molar-refractivity contribution in [1.29, 1.82) is 0 Å². The van der Waals surface area contributed by atoms with Crippen LogP contribution in [0, 0.1) is 0 Å². The highest BCUT2D eigenvalue weighted by Gasteiger charge is 2.00. The summed E-state index contributed by atoms with van der Waals surface area (Å²) in [6.45, 7) is 0.646. The molecule has 5 heteroatoms. The van der Waals surface area contributed by atoms with E-state index >= 15 is 0 Å². The molecule has 1 heterocycles. The van der Waals surface area contributed by atoms with E-state index in [0.29, 0.717) is 23.9 Å². The first kappa shape index (κ1) is 12.0. The van der Waals surface area contributed by atoms with Crippen molar-refractivity contribution in [3.63, 3.8) is 0 Å². The Bertz CT molecular complexity index is 542. The number of nitrogens with two attached hydrogens (primary N) is 2. The monoisotopic (exact) mass is 244 g/mol. The molecule has 0 spiro atoms.